The predicted octanol–water partition coefficient (Wildman–Crippen LogP) is 4.55. The van der Waals surface area contributed by atoms with Crippen molar-refractivity contribution in [2.75, 3.05) is 95.3 Å². The lowest BCUT2D eigenvalue weighted by Gasteiger charge is -2.49. The lowest BCUT2D eigenvalue weighted by molar-refractivity contribution is -0.239. The van der Waals surface area contributed by atoms with Crippen molar-refractivity contribution in [3.63, 3.8) is 0 Å². The smallest absolute Gasteiger partial charge is 0.303 e. The number of nitrogens with one attached hydrogen (secondary N) is 2. The number of aryl methyl sites for hydroxylation is 3. The number of hydrogen-bond acceptors (Lipinski definition) is 18. The van der Waals surface area contributed by atoms with E-state index in [1.807, 2.05) is 17.0 Å². The number of esters is 3. The molecule has 22 nitrogen and oxygen atoms in total. The minimum Gasteiger partial charge on any atom is -0.463 e. The van der Waals surface area contributed by atoms with Gasteiger partial charge in [0.2, 0.25) is 11.8 Å². The number of benzene rings is 3. The van der Waals surface area contributed by atoms with E-state index in [1.54, 1.807) is 6.20 Å². The number of carbonyl (C=O) groups is 6. The molecule has 0 radical (unpaired) electrons. The van der Waals surface area contributed by atoms with Crippen LogP contribution in [0, 0.1) is 0 Å². The number of anilines is 2. The van der Waals surface area contributed by atoms with Crippen LogP contribution in [0.1, 0.15) is 127 Å². The largest absolute Gasteiger partial charge is 0.463 e. The average molecular weight is 1130 g/mol. The molecule has 438 valence electrons. The van der Waals surface area contributed by atoms with Crippen LogP contribution in [0.4, 0.5) is 11.4 Å². The highest BCUT2D eigenvalue weighted by atomic mass is 16.6. The van der Waals surface area contributed by atoms with Crippen LogP contribution in [0.5, 0.6) is 11.5 Å². The molecular formula is C60H74N8O14. The highest BCUT2D eigenvalue weighted by Crippen LogP contribution is 2.62. The minimum atomic E-state index is -1.23. The Balaban J connectivity index is 0.655. The standard InChI is InChI=1S/C60H74N8O14/c1-36(69)62-51-57(80-39(4)72)56(79-38(3)71)49(35-78-37(2)70)81-59(51)68-34-42(63-64-68)14-11-26-75-28-30-77-31-29-76-27-19-50(73)61-20-25-67-58(74)43-15-5-6-18-46(43)60(67)47-32-40-12-7-21-65-23-9-16-44(52(40)65)54(47)82-55-45-17-10-24-66-22-8-13-41(53(45)66)33-48(55)60/h5-6,15,18,32-34,49,51,56-57,59H,7-14,16-17,19-31,35H2,1-4H3,(H,61,73)(H,62,69)/t49?,51?,56-,57?,59-/m0/s1. The van der Waals surface area contributed by atoms with Crippen molar-refractivity contribution in [1.82, 2.24) is 30.5 Å². The summed E-state index contributed by atoms with van der Waals surface area (Å²) in [6, 6.07) is 11.8. The van der Waals surface area contributed by atoms with Crippen LogP contribution in [0.15, 0.2) is 42.6 Å². The maximum atomic E-state index is 15.1. The van der Waals surface area contributed by atoms with E-state index in [9.17, 15) is 24.0 Å². The fourth-order valence-corrected chi connectivity index (χ4v) is 13.5. The molecule has 4 aromatic rings. The van der Waals surface area contributed by atoms with Crippen molar-refractivity contribution in [3.8, 4) is 11.5 Å². The molecule has 3 aromatic carbocycles. The Morgan fingerprint density at radius 2 is 1.32 bits per heavy atom. The molecule has 2 N–H and O–H groups in total. The molecule has 8 heterocycles. The van der Waals surface area contributed by atoms with E-state index >= 15 is 4.79 Å². The van der Waals surface area contributed by atoms with E-state index in [1.165, 1.54) is 66.0 Å². The number of nitrogens with zero attached hydrogens (tertiary/aromatic N) is 6. The molecular weight excluding hydrogens is 1060 g/mol. The number of rotatable bonds is 22. The fourth-order valence-electron chi connectivity index (χ4n) is 13.5. The highest BCUT2D eigenvalue weighted by Gasteiger charge is 2.58. The van der Waals surface area contributed by atoms with Crippen molar-refractivity contribution < 1.29 is 66.7 Å². The maximum Gasteiger partial charge on any atom is 0.303 e. The first-order chi connectivity index (χ1) is 39.8. The van der Waals surface area contributed by atoms with Gasteiger partial charge in [0.25, 0.3) is 5.91 Å². The van der Waals surface area contributed by atoms with Gasteiger partial charge in [-0.25, -0.2) is 4.68 Å². The number of fused-ring (bicyclic) bond motifs is 8. The second-order valence-electron chi connectivity index (χ2n) is 22.2. The Morgan fingerprint density at radius 1 is 0.720 bits per heavy atom. The first-order valence-corrected chi connectivity index (χ1v) is 29.1. The zero-order valence-corrected chi connectivity index (χ0v) is 47.3. The van der Waals surface area contributed by atoms with Crippen molar-refractivity contribution in [1.29, 1.82) is 0 Å². The van der Waals surface area contributed by atoms with Gasteiger partial charge in [0.05, 0.1) is 44.9 Å². The summed E-state index contributed by atoms with van der Waals surface area (Å²) in [6.45, 7) is 11.1. The molecule has 1 fully saturated rings. The van der Waals surface area contributed by atoms with E-state index in [2.05, 4.69) is 55.0 Å². The van der Waals surface area contributed by atoms with Gasteiger partial charge in [0, 0.05) is 119 Å². The molecule has 3 amide bonds. The first kappa shape index (κ1) is 56.7. The summed E-state index contributed by atoms with van der Waals surface area (Å²) in [7, 11) is 0. The Morgan fingerprint density at radius 3 is 1.94 bits per heavy atom. The Kier molecular flexibility index (Phi) is 17.1. The molecule has 1 saturated heterocycles. The van der Waals surface area contributed by atoms with Gasteiger partial charge < -0.3 is 63.2 Å². The predicted molar refractivity (Wildman–Crippen MR) is 296 cm³/mol. The van der Waals surface area contributed by atoms with Crippen LogP contribution < -0.4 is 25.2 Å². The van der Waals surface area contributed by atoms with Gasteiger partial charge in [-0.3, -0.25) is 28.8 Å². The second kappa shape index (κ2) is 24.8. The minimum absolute atomic E-state index is 0.0442. The first-order valence-electron chi connectivity index (χ1n) is 29.1. The number of hydrogen-bond donors (Lipinski definition) is 2. The Labute approximate surface area is 476 Å². The molecule has 5 atom stereocenters. The molecule has 82 heavy (non-hydrogen) atoms. The summed E-state index contributed by atoms with van der Waals surface area (Å²) in [4.78, 5) is 84.1. The summed E-state index contributed by atoms with van der Waals surface area (Å²) in [5, 5.41) is 14.3. The maximum absolute atomic E-state index is 15.1. The molecule has 7 aliphatic heterocycles. The van der Waals surface area contributed by atoms with Crippen molar-refractivity contribution >= 4 is 47.0 Å². The molecule has 0 aliphatic carbocycles. The van der Waals surface area contributed by atoms with Gasteiger partial charge in [-0.15, -0.1) is 5.10 Å². The molecule has 0 saturated carbocycles. The van der Waals surface area contributed by atoms with Crippen molar-refractivity contribution in [2.24, 2.45) is 0 Å². The summed E-state index contributed by atoms with van der Waals surface area (Å²) < 4.78 is 48.6. The molecule has 1 spiro atoms. The zero-order chi connectivity index (χ0) is 57.1. The third-order valence-corrected chi connectivity index (χ3v) is 16.6. The third-order valence-electron chi connectivity index (χ3n) is 16.6. The van der Waals surface area contributed by atoms with Crippen LogP contribution in [0.25, 0.3) is 0 Å². The Hall–Kier alpha value is -7.14. The number of aromatic nitrogens is 3. The van der Waals surface area contributed by atoms with E-state index in [0.717, 1.165) is 106 Å². The summed E-state index contributed by atoms with van der Waals surface area (Å²) in [6.07, 6.45) is 6.30. The lowest BCUT2D eigenvalue weighted by atomic mass is 9.70. The molecule has 11 rings (SSSR count). The summed E-state index contributed by atoms with van der Waals surface area (Å²) in [5.41, 5.74) is 11.2. The SMILES string of the molecule is CC(=O)NC1C(OC(C)=O)[C@@H](OC(C)=O)C(COC(C)=O)O[C@@H]1n1cc(CCCOCCOCCOCCC(=O)NCCN2C(=O)c3ccccc3C23c2cc4c5c(c2Oc2c3cc3c6c2CCCN6CCC3)CCCN5CCC4)nn1. The Bertz CT molecular complexity index is 3010. The fraction of sp³-hybridized carbons (Fsp3) is 0.567. The van der Waals surface area contributed by atoms with E-state index < -0.39 is 59.9 Å². The summed E-state index contributed by atoms with van der Waals surface area (Å²) >= 11 is 0. The van der Waals surface area contributed by atoms with Gasteiger partial charge in [-0.1, -0.05) is 23.4 Å². The molecule has 22 heteroatoms. The monoisotopic (exact) mass is 1130 g/mol. The normalized spacial score (nSPS) is 21.5. The van der Waals surface area contributed by atoms with Crippen LogP contribution >= 0.6 is 0 Å². The van der Waals surface area contributed by atoms with Gasteiger partial charge in [-0.2, -0.15) is 0 Å². The molecule has 3 unspecified atom stereocenters. The van der Waals surface area contributed by atoms with Crippen LogP contribution in [-0.2, 0) is 94.8 Å². The quantitative estimate of drug-likeness (QED) is 0.0623. The third kappa shape index (κ3) is 11.3. The average Bonchev–Trinajstić information content (AvgIpc) is 1.44. The van der Waals surface area contributed by atoms with Gasteiger partial charge in [-0.05, 0) is 99.1 Å². The topological polar surface area (TPSA) is 241 Å². The van der Waals surface area contributed by atoms with E-state index in [-0.39, 0.29) is 38.0 Å². The highest BCUT2D eigenvalue weighted by molar-refractivity contribution is 6.03. The number of ether oxygens (including phenoxy) is 8. The van der Waals surface area contributed by atoms with Crippen LogP contribution in [0.2, 0.25) is 0 Å². The molecule has 0 bridgehead atoms. The van der Waals surface area contributed by atoms with Crippen LogP contribution in [-0.4, -0.2) is 165 Å². The van der Waals surface area contributed by atoms with E-state index in [0.29, 0.717) is 63.7 Å². The zero-order valence-electron chi connectivity index (χ0n) is 47.3. The number of carbonyl (C=O) groups excluding carboxylic acids is 6. The van der Waals surface area contributed by atoms with Crippen molar-refractivity contribution in [2.45, 2.75) is 134 Å². The molecule has 1 aromatic heterocycles. The van der Waals surface area contributed by atoms with Crippen LogP contribution in [0.3, 0.4) is 0 Å². The summed E-state index contributed by atoms with van der Waals surface area (Å²) in [5.74, 6) is -0.866. The van der Waals surface area contributed by atoms with E-state index in [4.69, 9.17) is 37.9 Å². The lowest BCUT2D eigenvalue weighted by Crippen LogP contribution is -2.64. The molecule has 7 aliphatic rings. The van der Waals surface area contributed by atoms with Gasteiger partial charge in [0.15, 0.2) is 18.4 Å². The van der Waals surface area contributed by atoms with Crippen molar-refractivity contribution in [3.05, 3.63) is 92.8 Å². The van der Waals surface area contributed by atoms with Gasteiger partial charge in [0.1, 0.15) is 35.8 Å². The number of amides is 3. The second-order valence-corrected chi connectivity index (χ2v) is 22.2. The van der Waals surface area contributed by atoms with Gasteiger partial charge >= 0.3 is 17.9 Å².